The number of pyridine rings is 1. The van der Waals surface area contributed by atoms with Crippen LogP contribution in [0.5, 0.6) is 0 Å². The number of nitrogens with zero attached hydrogens (tertiary/aromatic N) is 1. The molecule has 3 heteroatoms. The zero-order chi connectivity index (χ0) is 11.0. The summed E-state index contributed by atoms with van der Waals surface area (Å²) in [5.41, 5.74) is 3.52. The summed E-state index contributed by atoms with van der Waals surface area (Å²) >= 11 is 0. The summed E-state index contributed by atoms with van der Waals surface area (Å²) in [4.78, 5) is 4.33. The number of fused-ring (bicyclic) bond motifs is 1. The second-order valence-electron chi connectivity index (χ2n) is 4.18. The summed E-state index contributed by atoms with van der Waals surface area (Å²) in [6, 6.07) is 6.36. The molecule has 1 unspecified atom stereocenters. The van der Waals surface area contributed by atoms with E-state index < -0.39 is 0 Å². The molecule has 3 rings (SSSR count). The van der Waals surface area contributed by atoms with Crippen LogP contribution in [-0.2, 0) is 6.42 Å². The molecule has 82 valence electrons. The Bertz CT molecular complexity index is 487. The maximum atomic E-state index is 5.56. The molecule has 1 aliphatic heterocycles. The Balaban J connectivity index is 2.00. The van der Waals surface area contributed by atoms with Gasteiger partial charge >= 0.3 is 0 Å². The Hall–Kier alpha value is -1.61. The van der Waals surface area contributed by atoms with Crippen molar-refractivity contribution < 1.29 is 4.42 Å². The smallest absolute Gasteiger partial charge is 0.128 e. The van der Waals surface area contributed by atoms with E-state index in [9.17, 15) is 0 Å². The van der Waals surface area contributed by atoms with Gasteiger partial charge in [-0.25, -0.2) is 0 Å². The van der Waals surface area contributed by atoms with Crippen molar-refractivity contribution in [2.45, 2.75) is 19.4 Å². The van der Waals surface area contributed by atoms with Crippen LogP contribution in [0.4, 0.5) is 0 Å². The lowest BCUT2D eigenvalue weighted by Crippen LogP contribution is -2.29. The SMILES string of the molecule is Cc1ccc(C2NCCc3ccoc32)cn1. The Morgan fingerprint density at radius 2 is 2.31 bits per heavy atom. The Labute approximate surface area is 94.5 Å². The molecule has 0 amide bonds. The van der Waals surface area contributed by atoms with E-state index in [1.807, 2.05) is 19.2 Å². The first-order valence-electron chi connectivity index (χ1n) is 5.57. The lowest BCUT2D eigenvalue weighted by Gasteiger charge is -2.22. The van der Waals surface area contributed by atoms with Gasteiger partial charge in [0.2, 0.25) is 0 Å². The van der Waals surface area contributed by atoms with Gasteiger partial charge in [-0.2, -0.15) is 0 Å². The maximum absolute atomic E-state index is 5.56. The van der Waals surface area contributed by atoms with Crippen LogP contribution < -0.4 is 5.32 Å². The normalized spacial score (nSPS) is 19.4. The molecule has 3 nitrogen and oxygen atoms in total. The monoisotopic (exact) mass is 214 g/mol. The minimum absolute atomic E-state index is 0.159. The molecule has 0 spiro atoms. The maximum Gasteiger partial charge on any atom is 0.128 e. The van der Waals surface area contributed by atoms with E-state index >= 15 is 0 Å². The largest absolute Gasteiger partial charge is 0.467 e. The van der Waals surface area contributed by atoms with Gasteiger partial charge in [0, 0.05) is 18.4 Å². The molecule has 0 aliphatic carbocycles. The predicted molar refractivity (Wildman–Crippen MR) is 61.2 cm³/mol. The Kier molecular flexibility index (Phi) is 2.26. The van der Waals surface area contributed by atoms with Gasteiger partial charge in [-0.1, -0.05) is 6.07 Å². The minimum atomic E-state index is 0.159. The molecule has 3 heterocycles. The van der Waals surface area contributed by atoms with E-state index in [4.69, 9.17) is 4.42 Å². The van der Waals surface area contributed by atoms with Crippen molar-refractivity contribution in [3.8, 4) is 0 Å². The first-order valence-corrected chi connectivity index (χ1v) is 5.57. The molecule has 2 aromatic rings. The molecule has 0 saturated heterocycles. The lowest BCUT2D eigenvalue weighted by atomic mass is 9.98. The molecule has 0 fully saturated rings. The molecule has 1 aliphatic rings. The number of hydrogen-bond acceptors (Lipinski definition) is 3. The van der Waals surface area contributed by atoms with Crippen molar-refractivity contribution in [3.63, 3.8) is 0 Å². The van der Waals surface area contributed by atoms with Crippen molar-refractivity contribution in [2.24, 2.45) is 0 Å². The van der Waals surface area contributed by atoms with Crippen LogP contribution in [0, 0.1) is 6.92 Å². The third kappa shape index (κ3) is 1.53. The van der Waals surface area contributed by atoms with Crippen LogP contribution in [0.2, 0.25) is 0 Å². The number of hydrogen-bond donors (Lipinski definition) is 1. The van der Waals surface area contributed by atoms with Crippen LogP contribution in [0.3, 0.4) is 0 Å². The number of aromatic nitrogens is 1. The molecular formula is C13H14N2O. The number of rotatable bonds is 1. The highest BCUT2D eigenvalue weighted by Gasteiger charge is 2.24. The van der Waals surface area contributed by atoms with Crippen LogP contribution in [0.15, 0.2) is 35.1 Å². The van der Waals surface area contributed by atoms with Crippen LogP contribution in [-0.4, -0.2) is 11.5 Å². The fourth-order valence-electron chi connectivity index (χ4n) is 2.17. The van der Waals surface area contributed by atoms with Gasteiger partial charge in [0.25, 0.3) is 0 Å². The minimum Gasteiger partial charge on any atom is -0.467 e. The van der Waals surface area contributed by atoms with E-state index in [1.165, 1.54) is 11.1 Å². The zero-order valence-electron chi connectivity index (χ0n) is 9.23. The van der Waals surface area contributed by atoms with Crippen molar-refractivity contribution in [1.82, 2.24) is 10.3 Å². The summed E-state index contributed by atoms with van der Waals surface area (Å²) < 4.78 is 5.56. The van der Waals surface area contributed by atoms with Crippen molar-refractivity contribution >= 4 is 0 Å². The average Bonchev–Trinajstić information content (AvgIpc) is 2.78. The highest BCUT2D eigenvalue weighted by Crippen LogP contribution is 2.28. The summed E-state index contributed by atoms with van der Waals surface area (Å²) in [7, 11) is 0. The lowest BCUT2D eigenvalue weighted by molar-refractivity contribution is 0.424. The van der Waals surface area contributed by atoms with Gasteiger partial charge < -0.3 is 9.73 Å². The van der Waals surface area contributed by atoms with Gasteiger partial charge in [-0.3, -0.25) is 4.98 Å². The van der Waals surface area contributed by atoms with Crippen molar-refractivity contribution in [1.29, 1.82) is 0 Å². The first kappa shape index (κ1) is 9.60. The van der Waals surface area contributed by atoms with Gasteiger partial charge in [0.1, 0.15) is 5.76 Å². The topological polar surface area (TPSA) is 38.1 Å². The Morgan fingerprint density at radius 3 is 3.12 bits per heavy atom. The third-order valence-electron chi connectivity index (χ3n) is 3.05. The van der Waals surface area contributed by atoms with Gasteiger partial charge in [-0.15, -0.1) is 0 Å². The summed E-state index contributed by atoms with van der Waals surface area (Å²) in [5.74, 6) is 1.04. The number of aryl methyl sites for hydroxylation is 1. The van der Waals surface area contributed by atoms with Crippen LogP contribution in [0.25, 0.3) is 0 Å². The number of furan rings is 1. The molecule has 1 N–H and O–H groups in total. The van der Waals surface area contributed by atoms with E-state index in [0.717, 1.165) is 24.4 Å². The molecule has 2 aromatic heterocycles. The van der Waals surface area contributed by atoms with Crippen LogP contribution in [0.1, 0.15) is 28.6 Å². The van der Waals surface area contributed by atoms with E-state index in [1.54, 1.807) is 6.26 Å². The van der Waals surface area contributed by atoms with E-state index in [0.29, 0.717) is 0 Å². The predicted octanol–water partition coefficient (Wildman–Crippen LogP) is 2.22. The van der Waals surface area contributed by atoms with Gasteiger partial charge in [0.15, 0.2) is 0 Å². The third-order valence-corrected chi connectivity index (χ3v) is 3.05. The molecular weight excluding hydrogens is 200 g/mol. The Morgan fingerprint density at radius 1 is 1.38 bits per heavy atom. The molecule has 0 radical (unpaired) electrons. The van der Waals surface area contributed by atoms with E-state index in [-0.39, 0.29) is 6.04 Å². The summed E-state index contributed by atoms with van der Waals surface area (Å²) in [5, 5.41) is 3.46. The van der Waals surface area contributed by atoms with Crippen molar-refractivity contribution in [3.05, 3.63) is 53.2 Å². The quantitative estimate of drug-likeness (QED) is 0.791. The standard InChI is InChI=1S/C13H14N2O/c1-9-2-3-11(8-15-9)12-13-10(4-6-14-12)5-7-16-13/h2-3,5,7-8,12,14H,4,6H2,1H3. The zero-order valence-corrected chi connectivity index (χ0v) is 9.23. The summed E-state index contributed by atoms with van der Waals surface area (Å²) in [6.45, 7) is 2.99. The molecule has 0 aromatic carbocycles. The molecule has 16 heavy (non-hydrogen) atoms. The number of nitrogens with one attached hydrogen (secondary N) is 1. The molecule has 0 saturated carbocycles. The van der Waals surface area contributed by atoms with Crippen LogP contribution >= 0.6 is 0 Å². The highest BCUT2D eigenvalue weighted by atomic mass is 16.3. The molecule has 1 atom stereocenters. The van der Waals surface area contributed by atoms with E-state index in [2.05, 4.69) is 22.4 Å². The second kappa shape index (κ2) is 3.76. The first-order chi connectivity index (χ1) is 7.84. The van der Waals surface area contributed by atoms with Gasteiger partial charge in [0.05, 0.1) is 12.3 Å². The fraction of sp³-hybridized carbons (Fsp3) is 0.308. The molecule has 0 bridgehead atoms. The second-order valence-corrected chi connectivity index (χ2v) is 4.18. The highest BCUT2D eigenvalue weighted by molar-refractivity contribution is 5.32. The average molecular weight is 214 g/mol. The van der Waals surface area contributed by atoms with Gasteiger partial charge in [-0.05, 0) is 36.6 Å². The van der Waals surface area contributed by atoms with Crippen molar-refractivity contribution in [2.75, 3.05) is 6.54 Å². The fourth-order valence-corrected chi connectivity index (χ4v) is 2.17. The summed E-state index contributed by atoms with van der Waals surface area (Å²) in [6.07, 6.45) is 4.73.